The summed E-state index contributed by atoms with van der Waals surface area (Å²) in [7, 11) is -4.05. The van der Waals surface area contributed by atoms with Gasteiger partial charge in [-0.25, -0.2) is 12.8 Å². The number of nitrogens with one attached hydrogen (secondary N) is 1. The van der Waals surface area contributed by atoms with Gasteiger partial charge in [0.1, 0.15) is 12.4 Å². The van der Waals surface area contributed by atoms with Crippen LogP contribution in [0.3, 0.4) is 0 Å². The monoisotopic (exact) mass is 452 g/mol. The van der Waals surface area contributed by atoms with Crippen molar-refractivity contribution in [3.63, 3.8) is 0 Å². The zero-order valence-electron chi connectivity index (χ0n) is 14.8. The molecule has 0 atom stereocenters. The summed E-state index contributed by atoms with van der Waals surface area (Å²) in [6.07, 6.45) is 0. The van der Waals surface area contributed by atoms with Gasteiger partial charge in [0, 0.05) is 10.7 Å². The van der Waals surface area contributed by atoms with Gasteiger partial charge < -0.3 is 5.32 Å². The summed E-state index contributed by atoms with van der Waals surface area (Å²) in [6.45, 7) is -0.521. The van der Waals surface area contributed by atoms with E-state index in [1.54, 1.807) is 30.3 Å². The number of carbonyl (C=O) groups excluding carboxylic acids is 1. The smallest absolute Gasteiger partial charge is 0.264 e. The molecule has 0 saturated carbocycles. The minimum atomic E-state index is -4.05. The highest BCUT2D eigenvalue weighted by Crippen LogP contribution is 2.26. The van der Waals surface area contributed by atoms with Gasteiger partial charge in [-0.05, 0) is 48.5 Å². The van der Waals surface area contributed by atoms with Gasteiger partial charge in [-0.3, -0.25) is 9.10 Å². The molecule has 1 N–H and O–H groups in total. The molecule has 0 aliphatic heterocycles. The first kappa shape index (κ1) is 21.1. The van der Waals surface area contributed by atoms with E-state index in [0.29, 0.717) is 5.02 Å². The van der Waals surface area contributed by atoms with Crippen molar-refractivity contribution >= 4 is 50.5 Å². The predicted molar refractivity (Wildman–Crippen MR) is 112 cm³/mol. The standard InChI is InChI=1S/C20H15Cl2FN2O3S/c21-14-5-4-6-16(11-14)25(29(27,28)17-7-2-1-3-8-17)13-20(26)24-15-9-10-19(23)18(22)12-15/h1-12H,13H2,(H,24,26). The van der Waals surface area contributed by atoms with Crippen LogP contribution >= 0.6 is 23.2 Å². The van der Waals surface area contributed by atoms with E-state index >= 15 is 0 Å². The Balaban J connectivity index is 1.93. The molecule has 0 radical (unpaired) electrons. The van der Waals surface area contributed by atoms with Crippen LogP contribution in [0.25, 0.3) is 0 Å². The highest BCUT2D eigenvalue weighted by molar-refractivity contribution is 7.92. The first-order valence-electron chi connectivity index (χ1n) is 8.35. The van der Waals surface area contributed by atoms with Crippen LogP contribution in [-0.4, -0.2) is 20.9 Å². The Hall–Kier alpha value is -2.61. The second kappa shape index (κ2) is 8.82. The van der Waals surface area contributed by atoms with E-state index in [-0.39, 0.29) is 21.3 Å². The van der Waals surface area contributed by atoms with Crippen molar-refractivity contribution in [3.05, 3.63) is 88.7 Å². The lowest BCUT2D eigenvalue weighted by atomic mass is 10.3. The molecule has 0 aromatic heterocycles. The topological polar surface area (TPSA) is 66.5 Å². The number of halogens is 3. The van der Waals surface area contributed by atoms with E-state index in [9.17, 15) is 17.6 Å². The zero-order chi connectivity index (χ0) is 21.0. The molecule has 29 heavy (non-hydrogen) atoms. The number of amides is 1. The van der Waals surface area contributed by atoms with Crippen LogP contribution in [0.5, 0.6) is 0 Å². The van der Waals surface area contributed by atoms with E-state index < -0.39 is 28.3 Å². The van der Waals surface area contributed by atoms with Gasteiger partial charge in [0.15, 0.2) is 0 Å². The van der Waals surface area contributed by atoms with Crippen molar-refractivity contribution < 1.29 is 17.6 Å². The molecule has 0 spiro atoms. The number of anilines is 2. The molecule has 150 valence electrons. The fourth-order valence-corrected chi connectivity index (χ4v) is 4.37. The molecule has 1 amide bonds. The zero-order valence-corrected chi connectivity index (χ0v) is 17.2. The van der Waals surface area contributed by atoms with Gasteiger partial charge in [0.25, 0.3) is 10.0 Å². The molecule has 3 aromatic rings. The quantitative estimate of drug-likeness (QED) is 0.574. The molecule has 0 bridgehead atoms. The van der Waals surface area contributed by atoms with Crippen LogP contribution in [-0.2, 0) is 14.8 Å². The molecule has 0 aliphatic rings. The maximum Gasteiger partial charge on any atom is 0.264 e. The number of hydrogen-bond acceptors (Lipinski definition) is 3. The van der Waals surface area contributed by atoms with Crippen LogP contribution in [0.15, 0.2) is 77.7 Å². The van der Waals surface area contributed by atoms with Gasteiger partial charge in [-0.15, -0.1) is 0 Å². The minimum absolute atomic E-state index is 0.0256. The van der Waals surface area contributed by atoms with Crippen molar-refractivity contribution in [1.82, 2.24) is 0 Å². The number of sulfonamides is 1. The maximum absolute atomic E-state index is 13.3. The summed E-state index contributed by atoms with van der Waals surface area (Å²) in [6, 6.07) is 17.6. The van der Waals surface area contributed by atoms with Crippen LogP contribution in [0.1, 0.15) is 0 Å². The summed E-state index contributed by atoms with van der Waals surface area (Å²) < 4.78 is 40.6. The summed E-state index contributed by atoms with van der Waals surface area (Å²) >= 11 is 11.7. The second-order valence-corrected chi connectivity index (χ2v) is 8.69. The van der Waals surface area contributed by atoms with Crippen LogP contribution < -0.4 is 9.62 Å². The largest absolute Gasteiger partial charge is 0.324 e. The highest BCUT2D eigenvalue weighted by Gasteiger charge is 2.27. The summed E-state index contributed by atoms with van der Waals surface area (Å²) in [4.78, 5) is 12.6. The molecule has 0 fully saturated rings. The van der Waals surface area contributed by atoms with E-state index in [1.807, 2.05) is 0 Å². The summed E-state index contributed by atoms with van der Waals surface area (Å²) in [5.74, 6) is -1.26. The van der Waals surface area contributed by atoms with Gasteiger partial charge in [0.05, 0.1) is 15.6 Å². The van der Waals surface area contributed by atoms with Crippen molar-refractivity contribution in [3.8, 4) is 0 Å². The maximum atomic E-state index is 13.3. The lowest BCUT2D eigenvalue weighted by molar-refractivity contribution is -0.114. The van der Waals surface area contributed by atoms with Crippen molar-refractivity contribution in [2.24, 2.45) is 0 Å². The molecule has 3 rings (SSSR count). The number of carbonyl (C=O) groups is 1. The average Bonchev–Trinajstić information content (AvgIpc) is 2.69. The first-order valence-corrected chi connectivity index (χ1v) is 10.6. The molecule has 9 heteroatoms. The summed E-state index contributed by atoms with van der Waals surface area (Å²) in [5, 5.41) is 2.68. The lowest BCUT2D eigenvalue weighted by Gasteiger charge is -2.24. The molecular weight excluding hydrogens is 438 g/mol. The Morgan fingerprint density at radius 3 is 2.34 bits per heavy atom. The van der Waals surface area contributed by atoms with Gasteiger partial charge in [-0.2, -0.15) is 0 Å². The van der Waals surface area contributed by atoms with Gasteiger partial charge in [0.2, 0.25) is 5.91 Å². The van der Waals surface area contributed by atoms with E-state index in [2.05, 4.69) is 5.32 Å². The van der Waals surface area contributed by atoms with E-state index in [4.69, 9.17) is 23.2 Å². The third-order valence-corrected chi connectivity index (χ3v) is 6.23. The molecule has 0 aliphatic carbocycles. The number of hydrogen-bond donors (Lipinski definition) is 1. The Kier molecular flexibility index (Phi) is 6.42. The number of benzene rings is 3. The first-order chi connectivity index (χ1) is 13.8. The molecule has 0 heterocycles. The molecule has 0 unspecified atom stereocenters. The second-order valence-electron chi connectivity index (χ2n) is 5.98. The fraction of sp³-hybridized carbons (Fsp3) is 0.0500. The predicted octanol–water partition coefficient (Wildman–Crippen LogP) is 4.97. The van der Waals surface area contributed by atoms with Crippen LogP contribution in [0, 0.1) is 5.82 Å². The van der Waals surface area contributed by atoms with Gasteiger partial charge in [-0.1, -0.05) is 47.5 Å². The lowest BCUT2D eigenvalue weighted by Crippen LogP contribution is -2.38. The normalized spacial score (nSPS) is 11.1. The Labute approximate surface area is 177 Å². The number of rotatable bonds is 6. The molecule has 0 saturated heterocycles. The molecular formula is C20H15Cl2FN2O3S. The number of nitrogens with zero attached hydrogens (tertiary/aromatic N) is 1. The Bertz CT molecular complexity index is 1140. The summed E-state index contributed by atoms with van der Waals surface area (Å²) in [5.41, 5.74) is 0.471. The minimum Gasteiger partial charge on any atom is -0.324 e. The van der Waals surface area contributed by atoms with Crippen LogP contribution in [0.2, 0.25) is 10.0 Å². The molecule has 5 nitrogen and oxygen atoms in total. The fourth-order valence-electron chi connectivity index (χ4n) is 2.57. The Morgan fingerprint density at radius 1 is 0.966 bits per heavy atom. The van der Waals surface area contributed by atoms with E-state index in [1.165, 1.54) is 36.4 Å². The third-order valence-electron chi connectivity index (χ3n) is 3.92. The van der Waals surface area contributed by atoms with Crippen molar-refractivity contribution in [2.75, 3.05) is 16.2 Å². The van der Waals surface area contributed by atoms with E-state index in [0.717, 1.165) is 10.4 Å². The highest BCUT2D eigenvalue weighted by atomic mass is 35.5. The van der Waals surface area contributed by atoms with Crippen molar-refractivity contribution in [1.29, 1.82) is 0 Å². The van der Waals surface area contributed by atoms with Gasteiger partial charge >= 0.3 is 0 Å². The third kappa shape index (κ3) is 5.06. The van der Waals surface area contributed by atoms with Crippen molar-refractivity contribution in [2.45, 2.75) is 4.90 Å². The average molecular weight is 453 g/mol. The SMILES string of the molecule is O=C(CN(c1cccc(Cl)c1)S(=O)(=O)c1ccccc1)Nc1ccc(F)c(Cl)c1. The van der Waals surface area contributed by atoms with Crippen LogP contribution in [0.4, 0.5) is 15.8 Å². The Morgan fingerprint density at radius 2 is 1.69 bits per heavy atom. The molecule has 3 aromatic carbocycles.